The summed E-state index contributed by atoms with van der Waals surface area (Å²) in [5.74, 6) is -0.205. The number of hydrogen-bond donors (Lipinski definition) is 1. The second-order valence-electron chi connectivity index (χ2n) is 4.28. The van der Waals surface area contributed by atoms with E-state index in [1.165, 1.54) is 12.8 Å². The Morgan fingerprint density at radius 2 is 2.06 bits per heavy atom. The quantitative estimate of drug-likeness (QED) is 0.864. The number of aromatic nitrogens is 1. The smallest absolute Gasteiger partial charge is 0.254 e. The van der Waals surface area contributed by atoms with Gasteiger partial charge in [-0.3, -0.25) is 4.79 Å². The molecule has 1 fully saturated rings. The van der Waals surface area contributed by atoms with E-state index in [9.17, 15) is 4.79 Å². The van der Waals surface area contributed by atoms with E-state index in [1.54, 1.807) is 12.1 Å². The lowest BCUT2D eigenvalue weighted by atomic mass is 10.2. The number of carbonyl (C=O) groups excluding carboxylic acids is 1. The standard InChI is InChI=1S/C12H15Cl2N3O/c13-10-4-3-9(11(14)16-10)12(18)15-5-8-17-6-1-2-7-17/h3-4H,1-2,5-8H2,(H,15,18). The molecule has 1 aromatic rings. The lowest BCUT2D eigenvalue weighted by molar-refractivity contribution is 0.0949. The van der Waals surface area contributed by atoms with Gasteiger partial charge in [0, 0.05) is 13.1 Å². The third kappa shape index (κ3) is 3.57. The summed E-state index contributed by atoms with van der Waals surface area (Å²) in [4.78, 5) is 18.0. The largest absolute Gasteiger partial charge is 0.351 e. The maximum Gasteiger partial charge on any atom is 0.254 e. The molecule has 18 heavy (non-hydrogen) atoms. The molecule has 2 heterocycles. The highest BCUT2D eigenvalue weighted by Gasteiger charge is 2.13. The Balaban J connectivity index is 1.83. The highest BCUT2D eigenvalue weighted by Crippen LogP contribution is 2.16. The topological polar surface area (TPSA) is 45.2 Å². The number of rotatable bonds is 4. The first-order valence-electron chi connectivity index (χ1n) is 5.99. The molecular formula is C12H15Cl2N3O. The Kier molecular flexibility index (Phi) is 4.80. The zero-order valence-electron chi connectivity index (χ0n) is 9.96. The van der Waals surface area contributed by atoms with Gasteiger partial charge in [0.2, 0.25) is 0 Å². The van der Waals surface area contributed by atoms with E-state index in [-0.39, 0.29) is 16.2 Å². The van der Waals surface area contributed by atoms with E-state index < -0.39 is 0 Å². The molecule has 1 aliphatic heterocycles. The van der Waals surface area contributed by atoms with E-state index in [2.05, 4.69) is 15.2 Å². The third-order valence-electron chi connectivity index (χ3n) is 2.97. The Morgan fingerprint density at radius 1 is 1.33 bits per heavy atom. The summed E-state index contributed by atoms with van der Waals surface area (Å²) in [6.45, 7) is 3.75. The number of likely N-dealkylation sites (tertiary alicyclic amines) is 1. The van der Waals surface area contributed by atoms with Gasteiger partial charge in [0.15, 0.2) is 0 Å². The molecule has 1 N–H and O–H groups in total. The monoisotopic (exact) mass is 287 g/mol. The Morgan fingerprint density at radius 3 is 2.72 bits per heavy atom. The number of pyridine rings is 1. The molecular weight excluding hydrogens is 273 g/mol. The number of hydrogen-bond acceptors (Lipinski definition) is 3. The van der Waals surface area contributed by atoms with Crippen LogP contribution in [0.3, 0.4) is 0 Å². The van der Waals surface area contributed by atoms with Gasteiger partial charge in [-0.05, 0) is 38.1 Å². The summed E-state index contributed by atoms with van der Waals surface area (Å²) in [6.07, 6.45) is 2.50. The first-order chi connectivity index (χ1) is 8.66. The zero-order valence-corrected chi connectivity index (χ0v) is 11.5. The van der Waals surface area contributed by atoms with E-state index in [0.717, 1.165) is 19.6 Å². The minimum Gasteiger partial charge on any atom is -0.351 e. The van der Waals surface area contributed by atoms with Gasteiger partial charge < -0.3 is 10.2 Å². The van der Waals surface area contributed by atoms with Crippen LogP contribution < -0.4 is 5.32 Å². The highest BCUT2D eigenvalue weighted by molar-refractivity contribution is 6.34. The molecule has 98 valence electrons. The Hall–Kier alpha value is -0.840. The number of amides is 1. The molecule has 0 atom stereocenters. The van der Waals surface area contributed by atoms with Crippen LogP contribution in [0.2, 0.25) is 10.3 Å². The van der Waals surface area contributed by atoms with E-state index in [0.29, 0.717) is 12.1 Å². The van der Waals surface area contributed by atoms with Gasteiger partial charge in [-0.2, -0.15) is 0 Å². The van der Waals surface area contributed by atoms with Crippen LogP contribution in [-0.4, -0.2) is 42.0 Å². The van der Waals surface area contributed by atoms with Crippen molar-refractivity contribution < 1.29 is 4.79 Å². The van der Waals surface area contributed by atoms with Crippen molar-refractivity contribution >= 4 is 29.1 Å². The SMILES string of the molecule is O=C(NCCN1CCCC1)c1ccc(Cl)nc1Cl. The van der Waals surface area contributed by atoms with Gasteiger partial charge in [0.1, 0.15) is 10.3 Å². The summed E-state index contributed by atoms with van der Waals surface area (Å²) < 4.78 is 0. The molecule has 0 aliphatic carbocycles. The van der Waals surface area contributed by atoms with E-state index in [4.69, 9.17) is 23.2 Å². The average Bonchev–Trinajstić information content (AvgIpc) is 2.81. The van der Waals surface area contributed by atoms with Crippen LogP contribution in [-0.2, 0) is 0 Å². The summed E-state index contributed by atoms with van der Waals surface area (Å²) in [5.41, 5.74) is 0.363. The average molecular weight is 288 g/mol. The number of nitrogens with one attached hydrogen (secondary N) is 1. The molecule has 0 unspecified atom stereocenters. The minimum atomic E-state index is -0.205. The van der Waals surface area contributed by atoms with E-state index >= 15 is 0 Å². The summed E-state index contributed by atoms with van der Waals surface area (Å²) >= 11 is 11.5. The van der Waals surface area contributed by atoms with Crippen molar-refractivity contribution in [2.45, 2.75) is 12.8 Å². The number of nitrogens with zero attached hydrogens (tertiary/aromatic N) is 2. The molecule has 0 radical (unpaired) electrons. The van der Waals surface area contributed by atoms with Crippen LogP contribution in [0.4, 0.5) is 0 Å². The lowest BCUT2D eigenvalue weighted by Crippen LogP contribution is -2.33. The predicted molar refractivity (Wildman–Crippen MR) is 72.3 cm³/mol. The molecule has 1 saturated heterocycles. The number of carbonyl (C=O) groups is 1. The zero-order chi connectivity index (χ0) is 13.0. The molecule has 1 amide bonds. The van der Waals surface area contributed by atoms with Crippen molar-refractivity contribution in [3.8, 4) is 0 Å². The van der Waals surface area contributed by atoms with E-state index in [1.807, 2.05) is 0 Å². The summed E-state index contributed by atoms with van der Waals surface area (Å²) in [7, 11) is 0. The molecule has 0 saturated carbocycles. The summed E-state index contributed by atoms with van der Waals surface area (Å²) in [6, 6.07) is 3.14. The maximum absolute atomic E-state index is 11.9. The van der Waals surface area contributed by atoms with Crippen LogP contribution >= 0.6 is 23.2 Å². The molecule has 0 spiro atoms. The predicted octanol–water partition coefficient (Wildman–Crippen LogP) is 2.21. The molecule has 0 bridgehead atoms. The highest BCUT2D eigenvalue weighted by atomic mass is 35.5. The summed E-state index contributed by atoms with van der Waals surface area (Å²) in [5, 5.41) is 3.26. The van der Waals surface area contributed by atoms with Gasteiger partial charge in [-0.1, -0.05) is 23.2 Å². The van der Waals surface area contributed by atoms with Crippen LogP contribution in [0.25, 0.3) is 0 Å². The van der Waals surface area contributed by atoms with Crippen molar-refractivity contribution in [2.24, 2.45) is 0 Å². The molecule has 1 aliphatic rings. The fourth-order valence-corrected chi connectivity index (χ4v) is 2.44. The fourth-order valence-electron chi connectivity index (χ4n) is 2.01. The minimum absolute atomic E-state index is 0.140. The third-order valence-corrected chi connectivity index (χ3v) is 3.47. The molecule has 1 aromatic heterocycles. The second-order valence-corrected chi connectivity index (χ2v) is 5.02. The van der Waals surface area contributed by atoms with Gasteiger partial charge in [-0.25, -0.2) is 4.98 Å². The van der Waals surface area contributed by atoms with Crippen molar-refractivity contribution in [1.29, 1.82) is 0 Å². The fraction of sp³-hybridized carbons (Fsp3) is 0.500. The molecule has 4 nitrogen and oxygen atoms in total. The van der Waals surface area contributed by atoms with Gasteiger partial charge in [0.05, 0.1) is 5.56 Å². The van der Waals surface area contributed by atoms with Crippen molar-refractivity contribution in [2.75, 3.05) is 26.2 Å². The number of halogens is 2. The first kappa shape index (κ1) is 13.6. The second kappa shape index (κ2) is 6.36. The molecule has 0 aromatic carbocycles. The van der Waals surface area contributed by atoms with Gasteiger partial charge >= 0.3 is 0 Å². The van der Waals surface area contributed by atoms with Crippen molar-refractivity contribution in [1.82, 2.24) is 15.2 Å². The normalized spacial score (nSPS) is 15.9. The van der Waals surface area contributed by atoms with Crippen molar-refractivity contribution in [3.63, 3.8) is 0 Å². The Bertz CT molecular complexity index is 433. The first-order valence-corrected chi connectivity index (χ1v) is 6.75. The Labute approximate surface area is 116 Å². The van der Waals surface area contributed by atoms with Crippen LogP contribution in [0.15, 0.2) is 12.1 Å². The van der Waals surface area contributed by atoms with Crippen LogP contribution in [0, 0.1) is 0 Å². The van der Waals surface area contributed by atoms with Crippen LogP contribution in [0.5, 0.6) is 0 Å². The van der Waals surface area contributed by atoms with Crippen molar-refractivity contribution in [3.05, 3.63) is 28.0 Å². The molecule has 2 rings (SSSR count). The van der Waals surface area contributed by atoms with Crippen LogP contribution in [0.1, 0.15) is 23.2 Å². The lowest BCUT2D eigenvalue weighted by Gasteiger charge is -2.14. The van der Waals surface area contributed by atoms with Gasteiger partial charge in [-0.15, -0.1) is 0 Å². The molecule has 6 heteroatoms. The van der Waals surface area contributed by atoms with Gasteiger partial charge in [0.25, 0.3) is 5.91 Å². The maximum atomic E-state index is 11.9.